The first-order valence-corrected chi connectivity index (χ1v) is 11.9. The topological polar surface area (TPSA) is 115 Å². The van der Waals surface area contributed by atoms with E-state index < -0.39 is 17.8 Å². The van der Waals surface area contributed by atoms with Crippen LogP contribution in [0, 0.1) is 0 Å². The Morgan fingerprint density at radius 3 is 2.35 bits per heavy atom. The molecule has 3 aromatic rings. The van der Waals surface area contributed by atoms with Gasteiger partial charge in [-0.15, -0.1) is 0 Å². The molecule has 9 nitrogen and oxygen atoms in total. The van der Waals surface area contributed by atoms with Crippen LogP contribution in [0.3, 0.4) is 0 Å². The number of nitrogens with zero attached hydrogens (tertiary/aromatic N) is 1. The van der Waals surface area contributed by atoms with Crippen molar-refractivity contribution in [2.75, 3.05) is 19.8 Å². The molecule has 192 valence electrons. The molecule has 0 atom stereocenters. The van der Waals surface area contributed by atoms with Gasteiger partial charge in [0.25, 0.3) is 11.8 Å². The lowest BCUT2D eigenvalue weighted by atomic mass is 10.2. The summed E-state index contributed by atoms with van der Waals surface area (Å²) in [6.07, 6.45) is 1.40. The Morgan fingerprint density at radius 2 is 1.65 bits per heavy atom. The number of carbonyl (C=O) groups excluding carboxylic acids is 3. The van der Waals surface area contributed by atoms with Gasteiger partial charge in [-0.2, -0.15) is 5.10 Å². The minimum absolute atomic E-state index is 0.240. The van der Waals surface area contributed by atoms with Crippen molar-refractivity contribution in [1.82, 2.24) is 10.7 Å². The van der Waals surface area contributed by atoms with Gasteiger partial charge in [0.05, 0.1) is 42.1 Å². The van der Waals surface area contributed by atoms with Crippen molar-refractivity contribution >= 4 is 35.6 Å². The fourth-order valence-corrected chi connectivity index (χ4v) is 3.31. The summed E-state index contributed by atoms with van der Waals surface area (Å²) in [6, 6.07) is 18.0. The molecule has 0 unspecified atom stereocenters. The van der Waals surface area contributed by atoms with E-state index >= 15 is 0 Å². The monoisotopic (exact) mass is 523 g/mol. The van der Waals surface area contributed by atoms with E-state index in [-0.39, 0.29) is 22.9 Å². The first-order valence-electron chi connectivity index (χ1n) is 11.5. The molecule has 2 amide bonds. The lowest BCUT2D eigenvalue weighted by Gasteiger charge is -2.11. The van der Waals surface area contributed by atoms with Gasteiger partial charge in [0.15, 0.2) is 11.5 Å². The highest BCUT2D eigenvalue weighted by atomic mass is 35.5. The number of hydrogen-bond donors (Lipinski definition) is 2. The van der Waals surface area contributed by atoms with Crippen LogP contribution >= 0.6 is 11.6 Å². The summed E-state index contributed by atoms with van der Waals surface area (Å²) < 4.78 is 16.5. The minimum atomic E-state index is -0.545. The van der Waals surface area contributed by atoms with Crippen molar-refractivity contribution < 1.29 is 28.6 Å². The SMILES string of the molecule is CCOc1ccc(C(=O)Oc2ccc(/C=N\NC(=O)CNC(=O)c3ccccc3Cl)cc2OCC)cc1. The predicted octanol–water partition coefficient (Wildman–Crippen LogP) is 4.24. The first kappa shape index (κ1) is 27.2. The molecule has 0 aromatic heterocycles. The number of carbonyl (C=O) groups is 3. The number of rotatable bonds is 11. The van der Waals surface area contributed by atoms with Crippen molar-refractivity contribution in [3.05, 3.63) is 88.4 Å². The average Bonchev–Trinajstić information content (AvgIpc) is 2.89. The summed E-state index contributed by atoms with van der Waals surface area (Å²) in [5.41, 5.74) is 3.55. The zero-order chi connectivity index (χ0) is 26.6. The fourth-order valence-electron chi connectivity index (χ4n) is 3.09. The Balaban J connectivity index is 1.57. The van der Waals surface area contributed by atoms with Crippen molar-refractivity contribution in [3.8, 4) is 17.2 Å². The highest BCUT2D eigenvalue weighted by Crippen LogP contribution is 2.29. The Morgan fingerprint density at radius 1 is 0.919 bits per heavy atom. The summed E-state index contributed by atoms with van der Waals surface area (Å²) in [5.74, 6) is -0.304. The molecule has 0 aliphatic heterocycles. The Bertz CT molecular complexity index is 1280. The normalized spacial score (nSPS) is 10.6. The van der Waals surface area contributed by atoms with Gasteiger partial charge in [-0.3, -0.25) is 9.59 Å². The second-order valence-corrected chi connectivity index (χ2v) is 7.85. The van der Waals surface area contributed by atoms with E-state index in [1.165, 1.54) is 6.21 Å². The molecule has 0 aliphatic carbocycles. The van der Waals surface area contributed by atoms with E-state index in [9.17, 15) is 14.4 Å². The van der Waals surface area contributed by atoms with Crippen LogP contribution in [0.2, 0.25) is 5.02 Å². The smallest absolute Gasteiger partial charge is 0.343 e. The van der Waals surface area contributed by atoms with Crippen LogP contribution in [0.4, 0.5) is 0 Å². The quantitative estimate of drug-likeness (QED) is 0.168. The summed E-state index contributed by atoms with van der Waals surface area (Å²) in [6.45, 7) is 4.27. The summed E-state index contributed by atoms with van der Waals surface area (Å²) in [4.78, 5) is 36.7. The summed E-state index contributed by atoms with van der Waals surface area (Å²) >= 11 is 5.98. The maximum Gasteiger partial charge on any atom is 0.343 e. The highest BCUT2D eigenvalue weighted by molar-refractivity contribution is 6.33. The highest BCUT2D eigenvalue weighted by Gasteiger charge is 2.14. The number of amides is 2. The second kappa shape index (κ2) is 13.6. The van der Waals surface area contributed by atoms with Gasteiger partial charge in [0, 0.05) is 0 Å². The zero-order valence-corrected chi connectivity index (χ0v) is 21.1. The van der Waals surface area contributed by atoms with Crippen LogP contribution in [-0.4, -0.2) is 43.8 Å². The van der Waals surface area contributed by atoms with Gasteiger partial charge in [0.1, 0.15) is 5.75 Å². The molecule has 0 aliphatic rings. The summed E-state index contributed by atoms with van der Waals surface area (Å²) in [5, 5.41) is 6.66. The van der Waals surface area contributed by atoms with Crippen LogP contribution in [0.15, 0.2) is 71.8 Å². The van der Waals surface area contributed by atoms with Crippen LogP contribution in [0.5, 0.6) is 17.2 Å². The van der Waals surface area contributed by atoms with Gasteiger partial charge < -0.3 is 19.5 Å². The number of esters is 1. The Kier molecular flexibility index (Phi) is 10.0. The van der Waals surface area contributed by atoms with E-state index in [1.54, 1.807) is 73.7 Å². The molecule has 10 heteroatoms. The Labute approximate surface area is 219 Å². The fraction of sp³-hybridized carbons (Fsp3) is 0.185. The van der Waals surface area contributed by atoms with Gasteiger partial charge in [-0.25, -0.2) is 10.2 Å². The molecule has 0 bridgehead atoms. The molecular weight excluding hydrogens is 498 g/mol. The van der Waals surface area contributed by atoms with E-state index in [1.807, 2.05) is 6.92 Å². The van der Waals surface area contributed by atoms with Gasteiger partial charge in [-0.05, 0) is 74.0 Å². The number of nitrogens with one attached hydrogen (secondary N) is 2. The molecular formula is C27H26ClN3O6. The largest absolute Gasteiger partial charge is 0.494 e. The molecule has 0 fully saturated rings. The lowest BCUT2D eigenvalue weighted by molar-refractivity contribution is -0.120. The minimum Gasteiger partial charge on any atom is -0.494 e. The predicted molar refractivity (Wildman–Crippen MR) is 140 cm³/mol. The van der Waals surface area contributed by atoms with Crippen LogP contribution in [0.1, 0.15) is 40.1 Å². The van der Waals surface area contributed by atoms with E-state index in [4.69, 9.17) is 25.8 Å². The van der Waals surface area contributed by atoms with Crippen LogP contribution in [-0.2, 0) is 4.79 Å². The summed E-state index contributed by atoms with van der Waals surface area (Å²) in [7, 11) is 0. The zero-order valence-electron chi connectivity index (χ0n) is 20.3. The van der Waals surface area contributed by atoms with Gasteiger partial charge in [0.2, 0.25) is 0 Å². The lowest BCUT2D eigenvalue weighted by Crippen LogP contribution is -2.35. The Hall–Kier alpha value is -4.37. The van der Waals surface area contributed by atoms with Crippen molar-refractivity contribution in [2.45, 2.75) is 13.8 Å². The maximum absolute atomic E-state index is 12.6. The third-order valence-corrected chi connectivity index (χ3v) is 5.13. The standard InChI is InChI=1S/C27H26ClN3O6/c1-3-35-20-12-10-19(11-13-20)27(34)37-23-14-9-18(15-24(23)36-4-2)16-30-31-25(32)17-29-26(33)21-7-5-6-8-22(21)28/h5-16H,3-4,17H2,1-2H3,(H,29,33)(H,31,32)/b30-16-. The van der Waals surface area contributed by atoms with Gasteiger partial charge in [-0.1, -0.05) is 23.7 Å². The molecule has 0 saturated carbocycles. The van der Waals surface area contributed by atoms with E-state index in [2.05, 4.69) is 15.8 Å². The molecule has 3 aromatic carbocycles. The molecule has 0 spiro atoms. The number of benzene rings is 3. The molecule has 0 saturated heterocycles. The van der Waals surface area contributed by atoms with Crippen molar-refractivity contribution in [1.29, 1.82) is 0 Å². The number of ether oxygens (including phenoxy) is 3. The molecule has 3 rings (SSSR count). The number of halogens is 1. The van der Waals surface area contributed by atoms with Crippen molar-refractivity contribution in [2.24, 2.45) is 5.10 Å². The van der Waals surface area contributed by atoms with E-state index in [0.29, 0.717) is 35.8 Å². The van der Waals surface area contributed by atoms with E-state index in [0.717, 1.165) is 0 Å². The third-order valence-electron chi connectivity index (χ3n) is 4.80. The molecule has 0 heterocycles. The maximum atomic E-state index is 12.6. The number of hydrazone groups is 1. The van der Waals surface area contributed by atoms with Gasteiger partial charge >= 0.3 is 5.97 Å². The van der Waals surface area contributed by atoms with Crippen LogP contribution in [0.25, 0.3) is 0 Å². The van der Waals surface area contributed by atoms with Crippen molar-refractivity contribution in [3.63, 3.8) is 0 Å². The van der Waals surface area contributed by atoms with Crippen LogP contribution < -0.4 is 25.0 Å². The number of hydrogen-bond acceptors (Lipinski definition) is 7. The molecule has 2 N–H and O–H groups in total. The first-order chi connectivity index (χ1) is 17.9. The second-order valence-electron chi connectivity index (χ2n) is 7.44. The average molecular weight is 524 g/mol. The molecule has 37 heavy (non-hydrogen) atoms. The molecule has 0 radical (unpaired) electrons. The third kappa shape index (κ3) is 8.08.